The van der Waals surface area contributed by atoms with Crippen molar-refractivity contribution >= 4 is 27.4 Å². The summed E-state index contributed by atoms with van der Waals surface area (Å²) < 4.78 is 0.868. The van der Waals surface area contributed by atoms with Crippen LogP contribution < -0.4 is 5.32 Å². The largest absolute Gasteiger partial charge is 0.506 e. The van der Waals surface area contributed by atoms with Gasteiger partial charge in [-0.05, 0) is 55.8 Å². The zero-order valence-electron chi connectivity index (χ0n) is 15.1. The fraction of sp³-hybridized carbons (Fsp3) is 0.421. The third-order valence-corrected chi connectivity index (χ3v) is 5.93. The second-order valence-corrected chi connectivity index (χ2v) is 7.66. The first-order chi connectivity index (χ1) is 12.7. The summed E-state index contributed by atoms with van der Waals surface area (Å²) >= 11 is 1.52. The smallest absolute Gasteiger partial charge is 0.243 e. The van der Waals surface area contributed by atoms with E-state index in [4.69, 9.17) is 0 Å². The van der Waals surface area contributed by atoms with Gasteiger partial charge in [-0.2, -0.15) is 0 Å². The summed E-state index contributed by atoms with van der Waals surface area (Å²) in [6.07, 6.45) is 2.31. The van der Waals surface area contributed by atoms with Gasteiger partial charge in [0, 0.05) is 18.2 Å². The predicted octanol–water partition coefficient (Wildman–Crippen LogP) is 3.66. The van der Waals surface area contributed by atoms with E-state index < -0.39 is 0 Å². The quantitative estimate of drug-likeness (QED) is 0.731. The van der Waals surface area contributed by atoms with Crippen molar-refractivity contribution in [3.63, 3.8) is 0 Å². The van der Waals surface area contributed by atoms with Crippen LogP contribution in [0.2, 0.25) is 0 Å². The molecule has 1 atom stereocenters. The normalized spacial score (nSPS) is 18.3. The number of benzene rings is 1. The maximum Gasteiger partial charge on any atom is 0.243 e. The molecule has 26 heavy (non-hydrogen) atoms. The molecule has 0 unspecified atom stereocenters. The minimum Gasteiger partial charge on any atom is -0.506 e. The number of aromatic nitrogens is 3. The van der Waals surface area contributed by atoms with Gasteiger partial charge in [-0.3, -0.25) is 0 Å². The maximum atomic E-state index is 10.6. The van der Waals surface area contributed by atoms with Crippen LogP contribution in [0, 0.1) is 6.92 Å². The van der Waals surface area contributed by atoms with Gasteiger partial charge in [0.1, 0.15) is 11.4 Å². The van der Waals surface area contributed by atoms with Crippen LogP contribution in [0.15, 0.2) is 23.6 Å². The summed E-state index contributed by atoms with van der Waals surface area (Å²) in [4.78, 5) is 7.03. The molecular formula is C19H23N5OS. The predicted molar refractivity (Wildman–Crippen MR) is 106 cm³/mol. The summed E-state index contributed by atoms with van der Waals surface area (Å²) in [5, 5.41) is 25.7. The summed E-state index contributed by atoms with van der Waals surface area (Å²) in [6.45, 7) is 7.34. The second kappa shape index (κ2) is 7.17. The lowest BCUT2D eigenvalue weighted by molar-refractivity contribution is 0.226. The number of likely N-dealkylation sites (tertiary alicyclic amines) is 1. The van der Waals surface area contributed by atoms with Gasteiger partial charge >= 0.3 is 0 Å². The number of phenolic OH excluding ortho intramolecular Hbond substituents is 1. The standard InChI is InChI=1S/C19H23N5OS/c1-3-24-9-4-5-14(11-24)21-19-20-12(2)16(22-23-19)15-7-6-13-8-10-26-18(13)17(15)25/h6-8,10,14,25H,3-5,9,11H2,1-2H3,(H,20,21,23)/t14-/m1/s1. The van der Waals surface area contributed by atoms with Gasteiger partial charge in [0.25, 0.3) is 0 Å². The van der Waals surface area contributed by atoms with Crippen molar-refractivity contribution in [2.75, 3.05) is 25.0 Å². The molecule has 1 saturated heterocycles. The molecule has 2 N–H and O–H groups in total. The Morgan fingerprint density at radius 3 is 3.00 bits per heavy atom. The lowest BCUT2D eigenvalue weighted by Crippen LogP contribution is -2.42. The van der Waals surface area contributed by atoms with Gasteiger partial charge in [0.15, 0.2) is 0 Å². The van der Waals surface area contributed by atoms with Gasteiger partial charge < -0.3 is 15.3 Å². The van der Waals surface area contributed by atoms with Crippen molar-refractivity contribution in [1.29, 1.82) is 0 Å². The maximum absolute atomic E-state index is 10.6. The second-order valence-electron chi connectivity index (χ2n) is 6.75. The Balaban J connectivity index is 1.58. The number of nitrogens with zero attached hydrogens (tertiary/aromatic N) is 4. The molecule has 0 saturated carbocycles. The molecule has 1 aromatic carbocycles. The number of aromatic hydroxyl groups is 1. The number of piperidine rings is 1. The third-order valence-electron chi connectivity index (χ3n) is 5.00. The molecule has 3 heterocycles. The Labute approximate surface area is 156 Å². The van der Waals surface area contributed by atoms with E-state index in [-0.39, 0.29) is 5.75 Å². The number of nitrogens with one attached hydrogen (secondary N) is 1. The highest BCUT2D eigenvalue weighted by Gasteiger charge is 2.20. The number of anilines is 1. The van der Waals surface area contributed by atoms with Crippen molar-refractivity contribution < 1.29 is 5.11 Å². The number of rotatable bonds is 4. The van der Waals surface area contributed by atoms with E-state index in [9.17, 15) is 5.11 Å². The molecule has 1 fully saturated rings. The lowest BCUT2D eigenvalue weighted by atomic mass is 10.1. The number of phenols is 1. The van der Waals surface area contributed by atoms with E-state index in [0.29, 0.717) is 23.2 Å². The summed E-state index contributed by atoms with van der Waals surface area (Å²) in [7, 11) is 0. The SMILES string of the molecule is CCN1CCC[C@@H](Nc2nnc(-c3ccc4ccsc4c3O)c(C)n2)C1. The molecule has 136 valence electrons. The fourth-order valence-corrected chi connectivity index (χ4v) is 4.41. The molecule has 3 aromatic rings. The molecule has 0 amide bonds. The van der Waals surface area contributed by atoms with Crippen molar-refractivity contribution in [1.82, 2.24) is 20.1 Å². The first-order valence-electron chi connectivity index (χ1n) is 9.05. The Hall–Kier alpha value is -2.25. The Morgan fingerprint density at radius 2 is 2.19 bits per heavy atom. The van der Waals surface area contributed by atoms with Crippen molar-refractivity contribution in [2.24, 2.45) is 0 Å². The highest BCUT2D eigenvalue weighted by Crippen LogP contribution is 2.38. The molecule has 2 aromatic heterocycles. The van der Waals surface area contributed by atoms with E-state index in [1.54, 1.807) is 0 Å². The summed E-state index contributed by atoms with van der Waals surface area (Å²) in [6, 6.07) is 6.23. The molecule has 1 aliphatic heterocycles. The first kappa shape index (κ1) is 17.2. The summed E-state index contributed by atoms with van der Waals surface area (Å²) in [5.74, 6) is 0.814. The number of likely N-dealkylation sites (N-methyl/N-ethyl adjacent to an activating group) is 1. The molecular weight excluding hydrogens is 346 g/mol. The van der Waals surface area contributed by atoms with Crippen LogP contribution in [0.3, 0.4) is 0 Å². The van der Waals surface area contributed by atoms with E-state index in [2.05, 4.69) is 32.3 Å². The van der Waals surface area contributed by atoms with E-state index in [1.807, 2.05) is 30.5 Å². The fourth-order valence-electron chi connectivity index (χ4n) is 3.57. The highest BCUT2D eigenvalue weighted by atomic mass is 32.1. The third kappa shape index (κ3) is 3.24. The zero-order valence-corrected chi connectivity index (χ0v) is 15.9. The molecule has 7 heteroatoms. The van der Waals surface area contributed by atoms with E-state index in [0.717, 1.165) is 41.8 Å². The lowest BCUT2D eigenvalue weighted by Gasteiger charge is -2.32. The highest BCUT2D eigenvalue weighted by molar-refractivity contribution is 7.17. The minimum absolute atomic E-state index is 0.253. The minimum atomic E-state index is 0.253. The number of hydrogen-bond acceptors (Lipinski definition) is 7. The molecule has 0 bridgehead atoms. The average molecular weight is 369 g/mol. The van der Waals surface area contributed by atoms with Crippen LogP contribution in [-0.4, -0.2) is 50.9 Å². The van der Waals surface area contributed by atoms with Crippen LogP contribution in [0.1, 0.15) is 25.5 Å². The Kier molecular flexibility index (Phi) is 4.74. The molecule has 4 rings (SSSR count). The van der Waals surface area contributed by atoms with Gasteiger partial charge in [0.05, 0.1) is 10.4 Å². The zero-order chi connectivity index (χ0) is 18.1. The number of aryl methyl sites for hydroxylation is 1. The van der Waals surface area contributed by atoms with Crippen molar-refractivity contribution in [3.8, 4) is 17.0 Å². The number of thiophene rings is 1. The van der Waals surface area contributed by atoms with Crippen molar-refractivity contribution in [3.05, 3.63) is 29.3 Å². The van der Waals surface area contributed by atoms with E-state index >= 15 is 0 Å². The molecule has 0 aliphatic carbocycles. The van der Waals surface area contributed by atoms with Gasteiger partial charge in [-0.15, -0.1) is 21.5 Å². The van der Waals surface area contributed by atoms with Crippen LogP contribution >= 0.6 is 11.3 Å². The molecule has 0 radical (unpaired) electrons. The average Bonchev–Trinajstić information content (AvgIpc) is 3.13. The summed E-state index contributed by atoms with van der Waals surface area (Å²) in [5.41, 5.74) is 2.07. The van der Waals surface area contributed by atoms with Gasteiger partial charge in [-0.25, -0.2) is 4.98 Å². The van der Waals surface area contributed by atoms with Crippen LogP contribution in [0.5, 0.6) is 5.75 Å². The number of fused-ring (bicyclic) bond motifs is 1. The topological polar surface area (TPSA) is 74.2 Å². The molecule has 1 aliphatic rings. The van der Waals surface area contributed by atoms with Crippen LogP contribution in [-0.2, 0) is 0 Å². The Morgan fingerprint density at radius 1 is 1.31 bits per heavy atom. The van der Waals surface area contributed by atoms with Gasteiger partial charge in [-0.1, -0.05) is 13.0 Å². The molecule has 0 spiro atoms. The van der Waals surface area contributed by atoms with Crippen molar-refractivity contribution in [2.45, 2.75) is 32.7 Å². The monoisotopic (exact) mass is 369 g/mol. The number of hydrogen-bond donors (Lipinski definition) is 2. The first-order valence-corrected chi connectivity index (χ1v) is 9.93. The van der Waals surface area contributed by atoms with Gasteiger partial charge in [0.2, 0.25) is 5.95 Å². The van der Waals surface area contributed by atoms with Crippen LogP contribution in [0.25, 0.3) is 21.3 Å². The molecule has 6 nitrogen and oxygen atoms in total. The Bertz CT molecular complexity index is 925. The van der Waals surface area contributed by atoms with Crippen LogP contribution in [0.4, 0.5) is 5.95 Å². The van der Waals surface area contributed by atoms with E-state index in [1.165, 1.54) is 17.8 Å².